The molecule has 1 N–H and O–H groups in total. The van der Waals surface area contributed by atoms with Crippen molar-refractivity contribution in [1.29, 1.82) is 0 Å². The molecule has 20 heavy (non-hydrogen) atoms. The Morgan fingerprint density at radius 3 is 2.85 bits per heavy atom. The number of piperidine rings is 1. The fraction of sp³-hybridized carbons (Fsp3) is 0.444. The maximum absolute atomic E-state index is 5.53. The van der Waals surface area contributed by atoms with Gasteiger partial charge in [0.2, 0.25) is 0 Å². The SMILES string of the molecule is COC[C@]12CCNC[C@@]1(c1ccc3ccccc3c1)C2. The first kappa shape index (κ1) is 12.4. The van der Waals surface area contributed by atoms with E-state index in [-0.39, 0.29) is 0 Å². The zero-order valence-electron chi connectivity index (χ0n) is 12.0. The van der Waals surface area contributed by atoms with Gasteiger partial charge in [0.1, 0.15) is 0 Å². The van der Waals surface area contributed by atoms with E-state index >= 15 is 0 Å². The molecule has 0 radical (unpaired) electrons. The summed E-state index contributed by atoms with van der Waals surface area (Å²) in [6.07, 6.45) is 2.49. The highest BCUT2D eigenvalue weighted by molar-refractivity contribution is 5.83. The summed E-state index contributed by atoms with van der Waals surface area (Å²) in [5.41, 5.74) is 2.15. The molecule has 1 heterocycles. The Morgan fingerprint density at radius 2 is 2.00 bits per heavy atom. The van der Waals surface area contributed by atoms with Crippen LogP contribution < -0.4 is 5.32 Å². The number of benzene rings is 2. The van der Waals surface area contributed by atoms with Gasteiger partial charge in [0.15, 0.2) is 0 Å². The summed E-state index contributed by atoms with van der Waals surface area (Å²) in [7, 11) is 1.83. The predicted molar refractivity (Wildman–Crippen MR) is 82.0 cm³/mol. The van der Waals surface area contributed by atoms with Gasteiger partial charge in [0.25, 0.3) is 0 Å². The Balaban J connectivity index is 1.78. The number of hydrogen-bond acceptors (Lipinski definition) is 2. The van der Waals surface area contributed by atoms with Crippen LogP contribution in [0, 0.1) is 5.41 Å². The summed E-state index contributed by atoms with van der Waals surface area (Å²) >= 11 is 0. The van der Waals surface area contributed by atoms with Crippen molar-refractivity contribution in [1.82, 2.24) is 5.32 Å². The van der Waals surface area contributed by atoms with Gasteiger partial charge in [0.05, 0.1) is 6.61 Å². The van der Waals surface area contributed by atoms with Gasteiger partial charge in [-0.2, -0.15) is 0 Å². The summed E-state index contributed by atoms with van der Waals surface area (Å²) < 4.78 is 5.53. The Labute approximate surface area is 120 Å². The third-order valence-electron chi connectivity index (χ3n) is 5.46. The maximum atomic E-state index is 5.53. The van der Waals surface area contributed by atoms with E-state index in [0.29, 0.717) is 10.8 Å². The molecule has 1 aliphatic carbocycles. The second-order valence-electron chi connectivity index (χ2n) is 6.46. The van der Waals surface area contributed by atoms with Gasteiger partial charge in [-0.3, -0.25) is 0 Å². The molecule has 104 valence electrons. The van der Waals surface area contributed by atoms with E-state index in [1.807, 2.05) is 7.11 Å². The summed E-state index contributed by atoms with van der Waals surface area (Å²) in [6.45, 7) is 3.11. The molecule has 2 aromatic carbocycles. The fourth-order valence-corrected chi connectivity index (χ4v) is 4.28. The highest BCUT2D eigenvalue weighted by Crippen LogP contribution is 2.67. The Hall–Kier alpha value is -1.38. The van der Waals surface area contributed by atoms with E-state index in [0.717, 1.165) is 19.7 Å². The van der Waals surface area contributed by atoms with Crippen molar-refractivity contribution < 1.29 is 4.74 Å². The zero-order chi connectivity index (χ0) is 13.6. The van der Waals surface area contributed by atoms with Crippen LogP contribution in [0.15, 0.2) is 42.5 Å². The average molecular weight is 267 g/mol. The fourth-order valence-electron chi connectivity index (χ4n) is 4.28. The average Bonchev–Trinajstić information content (AvgIpc) is 3.17. The van der Waals surface area contributed by atoms with Crippen LogP contribution in [0.1, 0.15) is 18.4 Å². The summed E-state index contributed by atoms with van der Waals surface area (Å²) in [6, 6.07) is 15.6. The Bertz CT molecular complexity index is 649. The summed E-state index contributed by atoms with van der Waals surface area (Å²) in [5.74, 6) is 0. The van der Waals surface area contributed by atoms with E-state index < -0.39 is 0 Å². The van der Waals surface area contributed by atoms with E-state index in [9.17, 15) is 0 Å². The van der Waals surface area contributed by atoms with E-state index in [1.165, 1.54) is 29.2 Å². The highest BCUT2D eigenvalue weighted by atomic mass is 16.5. The van der Waals surface area contributed by atoms with Crippen molar-refractivity contribution in [3.63, 3.8) is 0 Å². The number of fused-ring (bicyclic) bond motifs is 2. The van der Waals surface area contributed by atoms with Gasteiger partial charge in [-0.05, 0) is 35.7 Å². The standard InChI is InChI=1S/C18H21NO/c1-20-13-17-8-9-19-12-18(17,11-17)16-7-6-14-4-2-3-5-15(14)10-16/h2-7,10,19H,8-9,11-13H2,1H3/t17-,18-/m1/s1. The molecule has 2 aromatic rings. The van der Waals surface area contributed by atoms with Gasteiger partial charge in [-0.15, -0.1) is 0 Å². The van der Waals surface area contributed by atoms with Crippen molar-refractivity contribution in [2.45, 2.75) is 18.3 Å². The van der Waals surface area contributed by atoms with Gasteiger partial charge in [0, 0.05) is 24.5 Å². The molecule has 0 aromatic heterocycles. The van der Waals surface area contributed by atoms with E-state index in [1.54, 1.807) is 0 Å². The van der Waals surface area contributed by atoms with E-state index in [2.05, 4.69) is 47.8 Å². The number of nitrogens with one attached hydrogen (secondary N) is 1. The first-order valence-corrected chi connectivity index (χ1v) is 7.49. The molecule has 0 spiro atoms. The van der Waals surface area contributed by atoms with Crippen LogP contribution in [0.2, 0.25) is 0 Å². The molecule has 0 amide bonds. The Kier molecular flexibility index (Phi) is 2.66. The van der Waals surface area contributed by atoms with Crippen molar-refractivity contribution in [3.05, 3.63) is 48.0 Å². The molecule has 0 bridgehead atoms. The lowest BCUT2D eigenvalue weighted by Crippen LogP contribution is -2.40. The smallest absolute Gasteiger partial charge is 0.0528 e. The first-order valence-electron chi connectivity index (χ1n) is 7.49. The second-order valence-corrected chi connectivity index (χ2v) is 6.46. The molecule has 1 aliphatic heterocycles. The third-order valence-corrected chi connectivity index (χ3v) is 5.46. The molecule has 2 aliphatic rings. The lowest BCUT2D eigenvalue weighted by Gasteiger charge is -2.31. The van der Waals surface area contributed by atoms with Crippen LogP contribution in [-0.2, 0) is 10.2 Å². The molecule has 2 heteroatoms. The number of ether oxygens (including phenoxy) is 1. The largest absolute Gasteiger partial charge is 0.384 e. The lowest BCUT2D eigenvalue weighted by molar-refractivity contribution is 0.112. The molecule has 1 saturated carbocycles. The predicted octanol–water partition coefficient (Wildman–Crippen LogP) is 3.11. The van der Waals surface area contributed by atoms with Crippen LogP contribution >= 0.6 is 0 Å². The minimum Gasteiger partial charge on any atom is -0.384 e. The van der Waals surface area contributed by atoms with Crippen LogP contribution in [-0.4, -0.2) is 26.8 Å². The van der Waals surface area contributed by atoms with Crippen LogP contribution in [0.25, 0.3) is 10.8 Å². The van der Waals surface area contributed by atoms with Gasteiger partial charge < -0.3 is 10.1 Å². The van der Waals surface area contributed by atoms with Crippen molar-refractivity contribution >= 4 is 10.8 Å². The molecule has 1 saturated heterocycles. The van der Waals surface area contributed by atoms with E-state index in [4.69, 9.17) is 4.74 Å². The van der Waals surface area contributed by atoms with Crippen LogP contribution in [0.3, 0.4) is 0 Å². The summed E-state index contributed by atoms with van der Waals surface area (Å²) in [4.78, 5) is 0. The minimum atomic E-state index is 0.297. The maximum Gasteiger partial charge on any atom is 0.0528 e. The topological polar surface area (TPSA) is 21.3 Å². The van der Waals surface area contributed by atoms with Gasteiger partial charge in [-0.1, -0.05) is 42.5 Å². The van der Waals surface area contributed by atoms with Gasteiger partial charge >= 0.3 is 0 Å². The molecular formula is C18H21NO. The highest BCUT2D eigenvalue weighted by Gasteiger charge is 2.68. The normalized spacial score (nSPS) is 32.0. The van der Waals surface area contributed by atoms with Gasteiger partial charge in [-0.25, -0.2) is 0 Å². The monoisotopic (exact) mass is 267 g/mol. The second kappa shape index (κ2) is 4.31. The quantitative estimate of drug-likeness (QED) is 0.922. The molecule has 4 rings (SSSR count). The molecule has 2 nitrogen and oxygen atoms in total. The van der Waals surface area contributed by atoms with Crippen molar-refractivity contribution in [2.24, 2.45) is 5.41 Å². The zero-order valence-corrected chi connectivity index (χ0v) is 12.0. The number of hydrogen-bond donors (Lipinski definition) is 1. The lowest BCUT2D eigenvalue weighted by atomic mass is 9.81. The number of methoxy groups -OCH3 is 1. The third kappa shape index (κ3) is 1.58. The van der Waals surface area contributed by atoms with Crippen molar-refractivity contribution in [2.75, 3.05) is 26.8 Å². The first-order chi connectivity index (χ1) is 9.80. The molecule has 2 atom stereocenters. The number of rotatable bonds is 3. The van der Waals surface area contributed by atoms with Crippen molar-refractivity contribution in [3.8, 4) is 0 Å². The Morgan fingerprint density at radius 1 is 1.15 bits per heavy atom. The molecule has 0 unspecified atom stereocenters. The molecular weight excluding hydrogens is 246 g/mol. The molecule has 2 fully saturated rings. The summed E-state index contributed by atoms with van der Waals surface area (Å²) in [5, 5.41) is 6.27. The minimum absolute atomic E-state index is 0.297. The van der Waals surface area contributed by atoms with Crippen LogP contribution in [0.4, 0.5) is 0 Å². The van der Waals surface area contributed by atoms with Crippen LogP contribution in [0.5, 0.6) is 0 Å².